The van der Waals surface area contributed by atoms with Crippen LogP contribution in [0.3, 0.4) is 0 Å². The van der Waals surface area contributed by atoms with Gasteiger partial charge in [0, 0.05) is 31.0 Å². The van der Waals surface area contributed by atoms with Crippen LogP contribution in [0.2, 0.25) is 0 Å². The molecule has 1 aromatic heterocycles. The molecule has 1 atom stereocenters. The summed E-state index contributed by atoms with van der Waals surface area (Å²) in [6, 6.07) is 4.98. The van der Waals surface area contributed by atoms with Crippen LogP contribution in [0, 0.1) is 0 Å². The van der Waals surface area contributed by atoms with Gasteiger partial charge in [-0.25, -0.2) is 0 Å². The summed E-state index contributed by atoms with van der Waals surface area (Å²) in [5, 5.41) is 3.13. The summed E-state index contributed by atoms with van der Waals surface area (Å²) >= 11 is 0. The highest BCUT2D eigenvalue weighted by Gasteiger charge is 2.20. The SMILES string of the molecule is CNCc1cc(N2CCCC2C)ccn1. The van der Waals surface area contributed by atoms with Crippen molar-refractivity contribution in [3.05, 3.63) is 24.0 Å². The third kappa shape index (κ3) is 2.29. The van der Waals surface area contributed by atoms with Crippen molar-refractivity contribution in [2.45, 2.75) is 32.4 Å². The number of pyridine rings is 1. The second-order valence-electron chi connectivity index (χ2n) is 4.22. The number of anilines is 1. The zero-order valence-corrected chi connectivity index (χ0v) is 9.53. The van der Waals surface area contributed by atoms with Crippen LogP contribution in [0.5, 0.6) is 0 Å². The van der Waals surface area contributed by atoms with Crippen LogP contribution < -0.4 is 10.2 Å². The maximum absolute atomic E-state index is 4.34. The Bertz CT molecular complexity index is 324. The van der Waals surface area contributed by atoms with E-state index in [9.17, 15) is 0 Å². The average Bonchev–Trinajstić information content (AvgIpc) is 2.65. The van der Waals surface area contributed by atoms with Gasteiger partial charge in [0.2, 0.25) is 0 Å². The number of nitrogens with zero attached hydrogens (tertiary/aromatic N) is 2. The van der Waals surface area contributed by atoms with Crippen molar-refractivity contribution in [2.24, 2.45) is 0 Å². The molecule has 2 rings (SSSR count). The largest absolute Gasteiger partial charge is 0.369 e. The van der Waals surface area contributed by atoms with E-state index in [1.165, 1.54) is 25.1 Å². The van der Waals surface area contributed by atoms with Crippen LogP contribution in [-0.4, -0.2) is 24.6 Å². The molecule has 2 heterocycles. The van der Waals surface area contributed by atoms with Gasteiger partial charge in [-0.3, -0.25) is 4.98 Å². The first-order chi connectivity index (χ1) is 7.31. The first-order valence-corrected chi connectivity index (χ1v) is 5.67. The van der Waals surface area contributed by atoms with Gasteiger partial charge in [-0.15, -0.1) is 0 Å². The van der Waals surface area contributed by atoms with E-state index in [0.717, 1.165) is 12.2 Å². The topological polar surface area (TPSA) is 28.2 Å². The number of nitrogens with one attached hydrogen (secondary N) is 1. The predicted molar refractivity (Wildman–Crippen MR) is 63.0 cm³/mol. The molecule has 0 aliphatic carbocycles. The van der Waals surface area contributed by atoms with Crippen LogP contribution in [-0.2, 0) is 6.54 Å². The van der Waals surface area contributed by atoms with Crippen LogP contribution in [0.25, 0.3) is 0 Å². The first kappa shape index (κ1) is 10.4. The zero-order valence-electron chi connectivity index (χ0n) is 9.53. The molecular weight excluding hydrogens is 186 g/mol. The Kier molecular flexibility index (Phi) is 3.21. The molecule has 0 bridgehead atoms. The van der Waals surface area contributed by atoms with Gasteiger partial charge < -0.3 is 10.2 Å². The first-order valence-electron chi connectivity index (χ1n) is 5.67. The summed E-state index contributed by atoms with van der Waals surface area (Å²) in [7, 11) is 1.95. The summed E-state index contributed by atoms with van der Waals surface area (Å²) in [4.78, 5) is 6.81. The Balaban J connectivity index is 2.16. The molecule has 1 fully saturated rings. The zero-order chi connectivity index (χ0) is 10.7. The lowest BCUT2D eigenvalue weighted by Gasteiger charge is -2.24. The molecule has 0 saturated carbocycles. The van der Waals surface area contributed by atoms with Gasteiger partial charge in [0.25, 0.3) is 0 Å². The summed E-state index contributed by atoms with van der Waals surface area (Å²) in [5.41, 5.74) is 2.44. The molecule has 1 aliphatic rings. The predicted octanol–water partition coefficient (Wildman–Crippen LogP) is 1.79. The molecule has 1 N–H and O–H groups in total. The molecule has 0 spiro atoms. The monoisotopic (exact) mass is 205 g/mol. The van der Waals surface area contributed by atoms with Crippen molar-refractivity contribution in [3.8, 4) is 0 Å². The molecule has 0 aromatic carbocycles. The maximum Gasteiger partial charge on any atom is 0.0562 e. The lowest BCUT2D eigenvalue weighted by atomic mass is 10.2. The van der Waals surface area contributed by atoms with Crippen molar-refractivity contribution in [1.82, 2.24) is 10.3 Å². The highest BCUT2D eigenvalue weighted by Crippen LogP contribution is 2.24. The fraction of sp³-hybridized carbons (Fsp3) is 0.583. The Morgan fingerprint density at radius 3 is 3.13 bits per heavy atom. The fourth-order valence-electron chi connectivity index (χ4n) is 2.24. The molecule has 82 valence electrons. The van der Waals surface area contributed by atoms with E-state index < -0.39 is 0 Å². The smallest absolute Gasteiger partial charge is 0.0562 e. The molecule has 1 saturated heterocycles. The summed E-state index contributed by atoms with van der Waals surface area (Å²) < 4.78 is 0. The van der Waals surface area contributed by atoms with Crippen LogP contribution >= 0.6 is 0 Å². The second-order valence-corrected chi connectivity index (χ2v) is 4.22. The minimum atomic E-state index is 0.676. The molecule has 1 aliphatic heterocycles. The lowest BCUT2D eigenvalue weighted by molar-refractivity contribution is 0.731. The molecule has 3 heteroatoms. The number of hydrogen-bond acceptors (Lipinski definition) is 3. The number of aromatic nitrogens is 1. The van der Waals surface area contributed by atoms with E-state index in [1.807, 2.05) is 13.2 Å². The summed E-state index contributed by atoms with van der Waals surface area (Å²) in [6.07, 6.45) is 4.53. The molecule has 1 unspecified atom stereocenters. The van der Waals surface area contributed by atoms with Gasteiger partial charge >= 0.3 is 0 Å². The number of hydrogen-bond donors (Lipinski definition) is 1. The fourth-order valence-corrected chi connectivity index (χ4v) is 2.24. The van der Waals surface area contributed by atoms with E-state index in [4.69, 9.17) is 0 Å². The van der Waals surface area contributed by atoms with Crippen molar-refractivity contribution >= 4 is 5.69 Å². The third-order valence-electron chi connectivity index (χ3n) is 3.04. The third-order valence-corrected chi connectivity index (χ3v) is 3.04. The lowest BCUT2D eigenvalue weighted by Crippen LogP contribution is -2.26. The standard InChI is InChI=1S/C12H19N3/c1-10-4-3-7-15(10)12-5-6-14-11(8-12)9-13-2/h5-6,8,10,13H,3-4,7,9H2,1-2H3. The maximum atomic E-state index is 4.34. The second kappa shape index (κ2) is 4.62. The van der Waals surface area contributed by atoms with Gasteiger partial charge in [0.15, 0.2) is 0 Å². The van der Waals surface area contributed by atoms with Gasteiger partial charge in [-0.1, -0.05) is 0 Å². The van der Waals surface area contributed by atoms with Gasteiger partial charge in [0.1, 0.15) is 0 Å². The molecule has 0 radical (unpaired) electrons. The Morgan fingerprint density at radius 2 is 2.47 bits per heavy atom. The normalized spacial score (nSPS) is 20.9. The summed E-state index contributed by atoms with van der Waals surface area (Å²) in [6.45, 7) is 4.32. The highest BCUT2D eigenvalue weighted by molar-refractivity contribution is 5.48. The minimum absolute atomic E-state index is 0.676. The Morgan fingerprint density at radius 1 is 1.60 bits per heavy atom. The van der Waals surface area contributed by atoms with Crippen LogP contribution in [0.15, 0.2) is 18.3 Å². The van der Waals surface area contributed by atoms with E-state index >= 15 is 0 Å². The molecule has 1 aromatic rings. The minimum Gasteiger partial charge on any atom is -0.369 e. The quantitative estimate of drug-likeness (QED) is 0.815. The van der Waals surface area contributed by atoms with Crippen molar-refractivity contribution in [2.75, 3.05) is 18.5 Å². The molecule has 15 heavy (non-hydrogen) atoms. The highest BCUT2D eigenvalue weighted by atomic mass is 15.2. The average molecular weight is 205 g/mol. The molecule has 0 amide bonds. The van der Waals surface area contributed by atoms with Crippen molar-refractivity contribution in [1.29, 1.82) is 0 Å². The van der Waals surface area contributed by atoms with Crippen LogP contribution in [0.4, 0.5) is 5.69 Å². The van der Waals surface area contributed by atoms with E-state index in [0.29, 0.717) is 6.04 Å². The van der Waals surface area contributed by atoms with E-state index in [1.54, 1.807) is 0 Å². The Hall–Kier alpha value is -1.09. The molecular formula is C12H19N3. The molecule has 3 nitrogen and oxygen atoms in total. The van der Waals surface area contributed by atoms with Gasteiger partial charge in [-0.2, -0.15) is 0 Å². The summed E-state index contributed by atoms with van der Waals surface area (Å²) in [5.74, 6) is 0. The number of rotatable bonds is 3. The van der Waals surface area contributed by atoms with E-state index in [2.05, 4.69) is 34.3 Å². The van der Waals surface area contributed by atoms with E-state index in [-0.39, 0.29) is 0 Å². The van der Waals surface area contributed by atoms with Gasteiger partial charge in [-0.05, 0) is 38.9 Å². The Labute approximate surface area is 91.5 Å². The van der Waals surface area contributed by atoms with Crippen LogP contribution in [0.1, 0.15) is 25.5 Å². The van der Waals surface area contributed by atoms with Crippen molar-refractivity contribution in [3.63, 3.8) is 0 Å². The van der Waals surface area contributed by atoms with Crippen molar-refractivity contribution < 1.29 is 0 Å². The van der Waals surface area contributed by atoms with Gasteiger partial charge in [0.05, 0.1) is 5.69 Å².